The van der Waals surface area contributed by atoms with Crippen molar-refractivity contribution in [1.82, 2.24) is 5.23 Å². The van der Waals surface area contributed by atoms with E-state index < -0.39 is 6.98 Å². The van der Waals surface area contributed by atoms with Gasteiger partial charge in [-0.25, -0.2) is 0 Å². The van der Waals surface area contributed by atoms with Crippen LogP contribution < -0.4 is 20.7 Å². The second-order valence-corrected chi connectivity index (χ2v) is 11.3. The summed E-state index contributed by atoms with van der Waals surface area (Å²) in [6, 6.07) is 46.5. The Morgan fingerprint density at radius 1 is 0.545 bits per heavy atom. The van der Waals surface area contributed by atoms with Gasteiger partial charge in [0, 0.05) is 5.69 Å². The number of ether oxygens (including phenoxy) is 1. The number of para-hydroxylation sites is 1. The van der Waals surface area contributed by atoms with Crippen molar-refractivity contribution < 1.29 is 9.53 Å². The molecule has 0 spiro atoms. The molecule has 0 saturated carbocycles. The maximum Gasteiger partial charge on any atom is 0.409 e. The van der Waals surface area contributed by atoms with E-state index in [2.05, 4.69) is 114 Å². The van der Waals surface area contributed by atoms with Crippen LogP contribution in [-0.4, -0.2) is 19.5 Å². The molecule has 0 fully saturated rings. The van der Waals surface area contributed by atoms with Gasteiger partial charge in [0.15, 0.2) is 0 Å². The molecule has 7 aromatic rings. The highest BCUT2D eigenvalue weighted by Gasteiger charge is 2.31. The van der Waals surface area contributed by atoms with Crippen molar-refractivity contribution >= 4 is 56.4 Å². The lowest BCUT2D eigenvalue weighted by Gasteiger charge is -2.27. The first kappa shape index (κ1) is 26.1. The van der Waals surface area contributed by atoms with Gasteiger partial charge in [-0.1, -0.05) is 84.9 Å². The summed E-state index contributed by atoms with van der Waals surface area (Å²) in [6.07, 6.45) is 0. The van der Waals surface area contributed by atoms with Gasteiger partial charge in [0.05, 0.1) is 12.2 Å². The van der Waals surface area contributed by atoms with Crippen LogP contribution in [0.15, 0.2) is 133 Å². The maximum atomic E-state index is 13.3. The van der Waals surface area contributed by atoms with Crippen LogP contribution in [0.5, 0.6) is 5.75 Å². The van der Waals surface area contributed by atoms with Crippen LogP contribution in [0.4, 0.5) is 5.69 Å². The van der Waals surface area contributed by atoms with E-state index in [0.717, 1.165) is 60.7 Å². The number of fused-ring (bicyclic) bond motifs is 4. The first-order chi connectivity index (χ1) is 21.6. The molecule has 7 aromatic carbocycles. The predicted octanol–water partition coefficient (Wildman–Crippen LogP) is 8.43. The fourth-order valence-corrected chi connectivity index (χ4v) is 6.44. The van der Waals surface area contributed by atoms with Crippen LogP contribution in [0.25, 0.3) is 54.6 Å². The maximum absolute atomic E-state index is 13.3. The van der Waals surface area contributed by atoms with Crippen molar-refractivity contribution in [3.05, 3.63) is 139 Å². The third kappa shape index (κ3) is 4.54. The number of carbonyl (C=O) groups excluding carboxylic acids is 1. The van der Waals surface area contributed by atoms with E-state index >= 15 is 0 Å². The molecule has 0 aliphatic carbocycles. The Balaban J connectivity index is 1.36. The molecule has 0 bridgehead atoms. The summed E-state index contributed by atoms with van der Waals surface area (Å²) < 4.78 is 5.75. The average molecular weight is 568 g/mol. The summed E-state index contributed by atoms with van der Waals surface area (Å²) >= 11 is 0. The zero-order valence-electron chi connectivity index (χ0n) is 24.3. The van der Waals surface area contributed by atoms with Gasteiger partial charge in [-0.2, -0.15) is 0 Å². The number of benzene rings is 7. The average Bonchev–Trinajstić information content (AvgIpc) is 3.07. The normalized spacial score (nSPS) is 12.7. The van der Waals surface area contributed by atoms with Gasteiger partial charge in [0.1, 0.15) is 5.75 Å². The van der Waals surface area contributed by atoms with Crippen molar-refractivity contribution in [2.75, 3.05) is 11.8 Å². The molecule has 0 atom stereocenters. The van der Waals surface area contributed by atoms with Crippen LogP contribution in [0, 0.1) is 0 Å². The number of nitrogens with one attached hydrogen (secondary N) is 2. The summed E-state index contributed by atoms with van der Waals surface area (Å²) in [5.41, 5.74) is 6.97. The van der Waals surface area contributed by atoms with Gasteiger partial charge in [-0.3, -0.25) is 4.79 Å². The van der Waals surface area contributed by atoms with Crippen molar-refractivity contribution in [3.8, 4) is 28.0 Å². The molecule has 2 N–H and O–H groups in total. The molecule has 8 rings (SSSR count). The lowest BCUT2D eigenvalue weighted by molar-refractivity contribution is 0.0979. The van der Waals surface area contributed by atoms with E-state index in [4.69, 9.17) is 4.74 Å². The van der Waals surface area contributed by atoms with E-state index in [1.54, 1.807) is 0 Å². The third-order valence-electron chi connectivity index (χ3n) is 8.59. The molecular weight excluding hydrogens is 539 g/mol. The Bertz CT molecular complexity index is 2240. The Labute approximate surface area is 256 Å². The minimum absolute atomic E-state index is 0.0804. The second-order valence-electron chi connectivity index (χ2n) is 11.3. The predicted molar refractivity (Wildman–Crippen MR) is 184 cm³/mol. The molecule has 0 saturated heterocycles. The number of amides is 1. The van der Waals surface area contributed by atoms with E-state index in [9.17, 15) is 4.79 Å². The van der Waals surface area contributed by atoms with Crippen LogP contribution >= 0.6 is 0 Å². The largest absolute Gasteiger partial charge is 0.494 e. The number of hydrogen-bond acceptors (Lipinski definition) is 3. The van der Waals surface area contributed by atoms with E-state index in [-0.39, 0.29) is 5.91 Å². The van der Waals surface area contributed by atoms with Crippen molar-refractivity contribution in [1.29, 1.82) is 0 Å². The third-order valence-corrected chi connectivity index (χ3v) is 8.59. The van der Waals surface area contributed by atoms with Crippen LogP contribution in [0.2, 0.25) is 0 Å². The molecule has 0 aromatic heterocycles. The van der Waals surface area contributed by atoms with Gasteiger partial charge in [-0.15, -0.1) is 0 Å². The van der Waals surface area contributed by atoms with E-state index in [0.29, 0.717) is 12.2 Å². The van der Waals surface area contributed by atoms with Crippen molar-refractivity contribution in [2.45, 2.75) is 6.92 Å². The first-order valence-corrected chi connectivity index (χ1v) is 15.0. The molecule has 5 heteroatoms. The number of anilines is 1. The molecule has 0 unspecified atom stereocenters. The molecule has 1 amide bonds. The zero-order valence-corrected chi connectivity index (χ0v) is 24.3. The highest BCUT2D eigenvalue weighted by Crippen LogP contribution is 2.38. The molecule has 1 aliphatic rings. The molecule has 4 nitrogen and oxygen atoms in total. The summed E-state index contributed by atoms with van der Waals surface area (Å²) in [5, 5.41) is 13.8. The highest BCUT2D eigenvalue weighted by atomic mass is 16.5. The van der Waals surface area contributed by atoms with Crippen LogP contribution in [0.3, 0.4) is 0 Å². The van der Waals surface area contributed by atoms with Crippen molar-refractivity contribution in [3.63, 3.8) is 0 Å². The monoisotopic (exact) mass is 568 g/mol. The number of rotatable bonds is 5. The van der Waals surface area contributed by atoms with Gasteiger partial charge < -0.3 is 15.2 Å². The molecule has 44 heavy (non-hydrogen) atoms. The quantitative estimate of drug-likeness (QED) is 0.205. The SMILES string of the molecule is CCOc1ccc2cc(-c3cc4ccccc4cc3-c3cc4ccccc4cc3B3NC(=O)c4ccccc4N3)ccc2c1. The summed E-state index contributed by atoms with van der Waals surface area (Å²) in [5.74, 6) is 0.798. The Morgan fingerprint density at radius 2 is 1.14 bits per heavy atom. The molecular formula is C39H29BN2O2. The molecule has 0 radical (unpaired) electrons. The zero-order chi connectivity index (χ0) is 29.6. The van der Waals surface area contributed by atoms with E-state index in [1.165, 1.54) is 10.8 Å². The Kier molecular flexibility index (Phi) is 6.30. The smallest absolute Gasteiger partial charge is 0.409 e. The number of hydrogen-bond donors (Lipinski definition) is 2. The van der Waals surface area contributed by atoms with Crippen LogP contribution in [-0.2, 0) is 0 Å². The Morgan fingerprint density at radius 3 is 1.89 bits per heavy atom. The van der Waals surface area contributed by atoms with Crippen molar-refractivity contribution in [2.24, 2.45) is 0 Å². The minimum Gasteiger partial charge on any atom is -0.494 e. The molecule has 1 aliphatic heterocycles. The lowest BCUT2D eigenvalue weighted by atomic mass is 9.62. The summed E-state index contributed by atoms with van der Waals surface area (Å²) in [4.78, 5) is 13.3. The number of carbonyl (C=O) groups is 1. The van der Waals surface area contributed by atoms with E-state index in [1.807, 2.05) is 37.3 Å². The van der Waals surface area contributed by atoms with Gasteiger partial charge in [0.25, 0.3) is 0 Å². The molecule has 210 valence electrons. The highest BCUT2D eigenvalue weighted by molar-refractivity contribution is 6.78. The fourth-order valence-electron chi connectivity index (χ4n) is 6.44. The van der Waals surface area contributed by atoms with Gasteiger partial charge in [-0.05, 0) is 115 Å². The first-order valence-electron chi connectivity index (χ1n) is 15.0. The van der Waals surface area contributed by atoms with Crippen LogP contribution in [0.1, 0.15) is 17.3 Å². The topological polar surface area (TPSA) is 50.4 Å². The Hall–Kier alpha value is -5.55. The summed E-state index contributed by atoms with van der Waals surface area (Å²) in [7, 11) is 0. The molecule has 1 heterocycles. The van der Waals surface area contributed by atoms with Gasteiger partial charge in [0.2, 0.25) is 5.91 Å². The lowest BCUT2D eigenvalue weighted by Crippen LogP contribution is -2.57. The van der Waals surface area contributed by atoms with Gasteiger partial charge >= 0.3 is 6.98 Å². The fraction of sp³-hybridized carbons (Fsp3) is 0.0513. The standard InChI is InChI=1S/C39H29BN2O2/c1-2-44-32-18-17-29-19-31(16-15-30(29)20-32)34-21-25-9-3-4-10-26(25)22-35(34)36-23-27-11-5-6-12-28(27)24-37(36)40-41-38-14-8-7-13-33(38)39(43)42-40/h3-24,41H,2H2,1H3,(H,42,43). The summed E-state index contributed by atoms with van der Waals surface area (Å²) in [6.45, 7) is 2.24. The second kappa shape index (κ2) is 10.6. The minimum atomic E-state index is -0.398.